The zero-order chi connectivity index (χ0) is 8.43. The lowest BCUT2D eigenvalue weighted by Gasteiger charge is -2.27. The molecule has 0 unspecified atom stereocenters. The summed E-state index contributed by atoms with van der Waals surface area (Å²) < 4.78 is 0. The van der Waals surface area contributed by atoms with Gasteiger partial charge in [0.05, 0.1) is 0 Å². The Balaban J connectivity index is 2.75. The highest BCUT2D eigenvalue weighted by Gasteiger charge is 2.17. The van der Waals surface area contributed by atoms with Crippen LogP contribution in [0.3, 0.4) is 0 Å². The van der Waals surface area contributed by atoms with E-state index in [1.165, 1.54) is 5.57 Å². The van der Waals surface area contributed by atoms with Crippen LogP contribution >= 0.6 is 0 Å². The molecule has 0 fully saturated rings. The molecule has 2 amide bonds. The van der Waals surface area contributed by atoms with E-state index in [2.05, 4.69) is 5.32 Å². The average molecular weight is 154 g/mol. The molecule has 62 valence electrons. The highest BCUT2D eigenvalue weighted by atomic mass is 16.2. The Morgan fingerprint density at radius 1 is 1.55 bits per heavy atom. The summed E-state index contributed by atoms with van der Waals surface area (Å²) in [6, 6.07) is 0.0237. The standard InChI is InChI=1S/C8H14N2O/c1-4-10-5-6(2)7(3)9-8(10)11/h4-5H2,1-3H3,(H,9,11). The maximum Gasteiger partial charge on any atom is 0.321 e. The number of allylic oxidation sites excluding steroid dienone is 1. The first-order valence-corrected chi connectivity index (χ1v) is 3.87. The summed E-state index contributed by atoms with van der Waals surface area (Å²) >= 11 is 0. The lowest BCUT2D eigenvalue weighted by atomic mass is 10.2. The van der Waals surface area contributed by atoms with Crippen molar-refractivity contribution in [2.45, 2.75) is 20.8 Å². The highest BCUT2D eigenvalue weighted by Crippen LogP contribution is 2.09. The van der Waals surface area contributed by atoms with Gasteiger partial charge >= 0.3 is 6.03 Å². The van der Waals surface area contributed by atoms with Crippen LogP contribution in [-0.4, -0.2) is 24.0 Å². The summed E-state index contributed by atoms with van der Waals surface area (Å²) in [5, 5.41) is 2.80. The quantitative estimate of drug-likeness (QED) is 0.607. The van der Waals surface area contributed by atoms with Crippen molar-refractivity contribution >= 4 is 6.03 Å². The van der Waals surface area contributed by atoms with Crippen molar-refractivity contribution in [2.75, 3.05) is 13.1 Å². The van der Waals surface area contributed by atoms with Gasteiger partial charge in [0.15, 0.2) is 0 Å². The van der Waals surface area contributed by atoms with Crippen LogP contribution in [-0.2, 0) is 0 Å². The van der Waals surface area contributed by atoms with Crippen LogP contribution < -0.4 is 5.32 Å². The van der Waals surface area contributed by atoms with E-state index in [9.17, 15) is 4.79 Å². The molecule has 1 N–H and O–H groups in total. The maximum absolute atomic E-state index is 11.2. The lowest BCUT2D eigenvalue weighted by molar-refractivity contribution is 0.203. The Hall–Kier alpha value is -0.990. The number of amides is 2. The van der Waals surface area contributed by atoms with Crippen LogP contribution in [0.15, 0.2) is 11.3 Å². The number of nitrogens with one attached hydrogen (secondary N) is 1. The minimum absolute atomic E-state index is 0.0237. The fraction of sp³-hybridized carbons (Fsp3) is 0.625. The second-order valence-corrected chi connectivity index (χ2v) is 2.85. The van der Waals surface area contributed by atoms with E-state index in [1.807, 2.05) is 20.8 Å². The number of nitrogens with zero attached hydrogens (tertiary/aromatic N) is 1. The van der Waals surface area contributed by atoms with Crippen molar-refractivity contribution in [3.63, 3.8) is 0 Å². The van der Waals surface area contributed by atoms with E-state index < -0.39 is 0 Å². The molecule has 1 aliphatic rings. The largest absolute Gasteiger partial charge is 0.321 e. The molecule has 0 atom stereocenters. The number of hydrogen-bond donors (Lipinski definition) is 1. The number of urea groups is 1. The third-order valence-electron chi connectivity index (χ3n) is 2.03. The number of likely N-dealkylation sites (N-methyl/N-ethyl adjacent to an activating group) is 1. The van der Waals surface area contributed by atoms with Gasteiger partial charge in [0.2, 0.25) is 0 Å². The molecule has 0 saturated heterocycles. The predicted molar refractivity (Wildman–Crippen MR) is 44.2 cm³/mol. The fourth-order valence-corrected chi connectivity index (χ4v) is 1.08. The molecular weight excluding hydrogens is 140 g/mol. The molecule has 0 aromatic rings. The van der Waals surface area contributed by atoms with Gasteiger partial charge in [-0.2, -0.15) is 0 Å². The molecular formula is C8H14N2O. The monoisotopic (exact) mass is 154 g/mol. The molecule has 3 nitrogen and oxygen atoms in total. The molecule has 0 aliphatic carbocycles. The van der Waals surface area contributed by atoms with Gasteiger partial charge < -0.3 is 10.2 Å². The van der Waals surface area contributed by atoms with Crippen molar-refractivity contribution in [3.05, 3.63) is 11.3 Å². The van der Waals surface area contributed by atoms with Gasteiger partial charge in [-0.3, -0.25) is 0 Å². The van der Waals surface area contributed by atoms with Crippen molar-refractivity contribution in [3.8, 4) is 0 Å². The Morgan fingerprint density at radius 3 is 2.73 bits per heavy atom. The average Bonchev–Trinajstić information content (AvgIpc) is 1.97. The van der Waals surface area contributed by atoms with E-state index >= 15 is 0 Å². The zero-order valence-corrected chi connectivity index (χ0v) is 7.27. The van der Waals surface area contributed by atoms with E-state index in [0.717, 1.165) is 18.8 Å². The highest BCUT2D eigenvalue weighted by molar-refractivity contribution is 5.77. The summed E-state index contributed by atoms with van der Waals surface area (Å²) in [7, 11) is 0. The molecule has 0 aromatic heterocycles. The van der Waals surface area contributed by atoms with Crippen LogP contribution in [0.5, 0.6) is 0 Å². The molecule has 0 radical (unpaired) electrons. The van der Waals surface area contributed by atoms with Crippen molar-refractivity contribution in [2.24, 2.45) is 0 Å². The van der Waals surface area contributed by atoms with Crippen LogP contribution in [0.25, 0.3) is 0 Å². The van der Waals surface area contributed by atoms with Crippen molar-refractivity contribution < 1.29 is 4.79 Å². The molecule has 0 spiro atoms. The van der Waals surface area contributed by atoms with Gasteiger partial charge in [0.1, 0.15) is 0 Å². The van der Waals surface area contributed by atoms with E-state index in [1.54, 1.807) is 4.90 Å². The normalized spacial score (nSPS) is 18.8. The first-order valence-electron chi connectivity index (χ1n) is 3.87. The number of carbonyl (C=O) groups is 1. The van der Waals surface area contributed by atoms with Crippen molar-refractivity contribution in [1.82, 2.24) is 10.2 Å². The number of carbonyl (C=O) groups excluding carboxylic acids is 1. The Bertz CT molecular complexity index is 208. The van der Waals surface area contributed by atoms with E-state index in [-0.39, 0.29) is 6.03 Å². The summed E-state index contributed by atoms with van der Waals surface area (Å²) in [6.07, 6.45) is 0. The maximum atomic E-state index is 11.2. The molecule has 1 rings (SSSR count). The first kappa shape index (κ1) is 8.11. The Labute approximate surface area is 67.1 Å². The third kappa shape index (κ3) is 1.53. The predicted octanol–water partition coefficient (Wildman–Crippen LogP) is 1.33. The van der Waals surface area contributed by atoms with E-state index in [0.29, 0.717) is 0 Å². The smallest absolute Gasteiger partial charge is 0.321 e. The molecule has 0 aromatic carbocycles. The zero-order valence-electron chi connectivity index (χ0n) is 7.27. The lowest BCUT2D eigenvalue weighted by Crippen LogP contribution is -2.44. The minimum Gasteiger partial charge on any atom is -0.321 e. The minimum atomic E-state index is 0.0237. The van der Waals surface area contributed by atoms with Crippen LogP contribution in [0.4, 0.5) is 4.79 Å². The van der Waals surface area contributed by atoms with Gasteiger partial charge in [-0.05, 0) is 26.3 Å². The van der Waals surface area contributed by atoms with Crippen LogP contribution in [0, 0.1) is 0 Å². The van der Waals surface area contributed by atoms with Crippen molar-refractivity contribution in [1.29, 1.82) is 0 Å². The van der Waals surface area contributed by atoms with Crippen LogP contribution in [0.2, 0.25) is 0 Å². The van der Waals surface area contributed by atoms with Gasteiger partial charge in [-0.1, -0.05) is 0 Å². The number of hydrogen-bond acceptors (Lipinski definition) is 1. The molecule has 11 heavy (non-hydrogen) atoms. The molecule has 0 saturated carbocycles. The topological polar surface area (TPSA) is 32.3 Å². The Morgan fingerprint density at radius 2 is 2.18 bits per heavy atom. The fourth-order valence-electron chi connectivity index (χ4n) is 1.08. The third-order valence-corrected chi connectivity index (χ3v) is 2.03. The molecule has 0 bridgehead atoms. The summed E-state index contributed by atoms with van der Waals surface area (Å²) in [4.78, 5) is 12.9. The van der Waals surface area contributed by atoms with E-state index in [4.69, 9.17) is 0 Å². The summed E-state index contributed by atoms with van der Waals surface area (Å²) in [5.41, 5.74) is 2.24. The SMILES string of the molecule is CCN1CC(C)=C(C)NC1=O. The molecule has 1 aliphatic heterocycles. The van der Waals surface area contributed by atoms with Gasteiger partial charge in [0, 0.05) is 18.8 Å². The van der Waals surface area contributed by atoms with Crippen LogP contribution in [0.1, 0.15) is 20.8 Å². The second kappa shape index (κ2) is 2.95. The first-order chi connectivity index (χ1) is 5.15. The number of rotatable bonds is 1. The van der Waals surface area contributed by atoms with Gasteiger partial charge in [0.25, 0.3) is 0 Å². The van der Waals surface area contributed by atoms with Gasteiger partial charge in [-0.15, -0.1) is 0 Å². The van der Waals surface area contributed by atoms with Gasteiger partial charge in [-0.25, -0.2) is 4.79 Å². The summed E-state index contributed by atoms with van der Waals surface area (Å²) in [6.45, 7) is 7.50. The second-order valence-electron chi connectivity index (χ2n) is 2.85. The molecule has 3 heteroatoms. The summed E-state index contributed by atoms with van der Waals surface area (Å²) in [5.74, 6) is 0. The Kier molecular flexibility index (Phi) is 2.17. The molecule has 1 heterocycles.